The number of piperidine rings is 1. The van der Waals surface area contributed by atoms with Gasteiger partial charge in [-0.15, -0.1) is 0 Å². The van der Waals surface area contributed by atoms with Crippen molar-refractivity contribution in [3.63, 3.8) is 0 Å². The summed E-state index contributed by atoms with van der Waals surface area (Å²) in [4.78, 5) is 14.2. The predicted octanol–water partition coefficient (Wildman–Crippen LogP) is 1.53. The second-order valence-electron chi connectivity index (χ2n) is 5.98. The third kappa shape index (κ3) is 2.99. The molecule has 110 valence electrons. The Morgan fingerprint density at radius 3 is 2.80 bits per heavy atom. The van der Waals surface area contributed by atoms with Crippen LogP contribution in [0, 0.1) is 5.41 Å². The van der Waals surface area contributed by atoms with Crippen molar-refractivity contribution in [2.24, 2.45) is 5.41 Å². The molecule has 6 heteroatoms. The van der Waals surface area contributed by atoms with Crippen LogP contribution in [0.25, 0.3) is 0 Å². The molecule has 0 aliphatic carbocycles. The maximum atomic E-state index is 12.2. The first kappa shape index (κ1) is 13.9. The molecular formula is C14H21ClN4O. The molecule has 2 fully saturated rings. The van der Waals surface area contributed by atoms with Gasteiger partial charge in [0.25, 0.3) is 0 Å². The van der Waals surface area contributed by atoms with Gasteiger partial charge >= 0.3 is 0 Å². The van der Waals surface area contributed by atoms with E-state index in [1.54, 1.807) is 17.1 Å². The van der Waals surface area contributed by atoms with E-state index in [1.807, 2.05) is 4.90 Å². The molecule has 0 unspecified atom stereocenters. The Hall–Kier alpha value is -1.07. The lowest BCUT2D eigenvalue weighted by Crippen LogP contribution is -2.44. The van der Waals surface area contributed by atoms with Gasteiger partial charge in [0.15, 0.2) is 0 Å². The molecular weight excluding hydrogens is 276 g/mol. The standard InChI is InChI=1S/C14H21ClN4O/c15-12-9-17-19(10-12)6-1-13(20)18-7-3-14(4-8-18)2-5-16-11-14/h9-10,16H,1-8,11H2. The molecule has 0 aromatic carbocycles. The summed E-state index contributed by atoms with van der Waals surface area (Å²) >= 11 is 5.81. The van der Waals surface area contributed by atoms with Gasteiger partial charge < -0.3 is 10.2 Å². The fourth-order valence-electron chi connectivity index (χ4n) is 3.28. The normalized spacial score (nSPS) is 21.6. The zero-order valence-electron chi connectivity index (χ0n) is 11.6. The molecule has 2 saturated heterocycles. The number of likely N-dealkylation sites (tertiary alicyclic amines) is 1. The second kappa shape index (κ2) is 5.74. The van der Waals surface area contributed by atoms with Crippen molar-refractivity contribution in [1.82, 2.24) is 20.0 Å². The molecule has 2 aliphatic rings. The van der Waals surface area contributed by atoms with E-state index < -0.39 is 0 Å². The number of aryl methyl sites for hydroxylation is 1. The molecule has 20 heavy (non-hydrogen) atoms. The third-order valence-corrected chi connectivity index (χ3v) is 4.86. The highest BCUT2D eigenvalue weighted by Gasteiger charge is 2.37. The van der Waals surface area contributed by atoms with Crippen molar-refractivity contribution in [1.29, 1.82) is 0 Å². The highest BCUT2D eigenvalue weighted by atomic mass is 35.5. The minimum atomic E-state index is 0.234. The van der Waals surface area contributed by atoms with E-state index in [1.165, 1.54) is 6.42 Å². The number of hydrogen-bond acceptors (Lipinski definition) is 3. The van der Waals surface area contributed by atoms with Crippen molar-refractivity contribution in [3.05, 3.63) is 17.4 Å². The summed E-state index contributed by atoms with van der Waals surface area (Å²) in [5, 5.41) is 8.16. The van der Waals surface area contributed by atoms with Crippen LogP contribution in [0.5, 0.6) is 0 Å². The van der Waals surface area contributed by atoms with Gasteiger partial charge in [-0.2, -0.15) is 5.10 Å². The average molecular weight is 297 g/mol. The topological polar surface area (TPSA) is 50.2 Å². The Morgan fingerprint density at radius 1 is 1.40 bits per heavy atom. The number of amides is 1. The van der Waals surface area contributed by atoms with E-state index in [9.17, 15) is 4.79 Å². The smallest absolute Gasteiger partial charge is 0.224 e. The van der Waals surface area contributed by atoms with Gasteiger partial charge in [0, 0.05) is 38.8 Å². The zero-order valence-corrected chi connectivity index (χ0v) is 12.4. The van der Waals surface area contributed by atoms with Crippen molar-refractivity contribution >= 4 is 17.5 Å². The lowest BCUT2D eigenvalue weighted by Gasteiger charge is -2.39. The molecule has 1 spiro atoms. The van der Waals surface area contributed by atoms with E-state index in [0.29, 0.717) is 23.4 Å². The number of hydrogen-bond donors (Lipinski definition) is 1. The van der Waals surface area contributed by atoms with Crippen molar-refractivity contribution in [3.8, 4) is 0 Å². The van der Waals surface area contributed by atoms with Crippen LogP contribution in [0.4, 0.5) is 0 Å². The van der Waals surface area contributed by atoms with E-state index in [0.717, 1.165) is 39.0 Å². The summed E-state index contributed by atoms with van der Waals surface area (Å²) in [7, 11) is 0. The fraction of sp³-hybridized carbons (Fsp3) is 0.714. The fourth-order valence-corrected chi connectivity index (χ4v) is 3.44. The average Bonchev–Trinajstić information content (AvgIpc) is 3.07. The number of nitrogens with zero attached hydrogens (tertiary/aromatic N) is 3. The zero-order chi connectivity index (χ0) is 14.0. The monoisotopic (exact) mass is 296 g/mol. The Kier molecular flexibility index (Phi) is 3.98. The quantitative estimate of drug-likeness (QED) is 0.920. The van der Waals surface area contributed by atoms with Gasteiger partial charge in [-0.1, -0.05) is 11.6 Å². The van der Waals surface area contributed by atoms with Gasteiger partial charge in [-0.25, -0.2) is 0 Å². The molecule has 1 aromatic heterocycles. The highest BCUT2D eigenvalue weighted by molar-refractivity contribution is 6.30. The number of nitrogens with one attached hydrogen (secondary N) is 1. The maximum Gasteiger partial charge on any atom is 0.224 e. The van der Waals surface area contributed by atoms with Crippen LogP contribution < -0.4 is 5.32 Å². The minimum Gasteiger partial charge on any atom is -0.343 e. The Bertz CT molecular complexity index is 471. The van der Waals surface area contributed by atoms with Crippen LogP contribution >= 0.6 is 11.6 Å². The van der Waals surface area contributed by atoms with Crippen LogP contribution in [0.3, 0.4) is 0 Å². The number of carbonyl (C=O) groups is 1. The molecule has 3 rings (SSSR count). The number of halogens is 1. The first-order valence-corrected chi connectivity index (χ1v) is 7.71. The molecule has 1 aromatic rings. The minimum absolute atomic E-state index is 0.234. The summed E-state index contributed by atoms with van der Waals surface area (Å²) in [6, 6.07) is 0. The van der Waals surface area contributed by atoms with Crippen LogP contribution in [0.1, 0.15) is 25.7 Å². The summed E-state index contributed by atoms with van der Waals surface area (Å²) in [5.41, 5.74) is 0.465. The summed E-state index contributed by atoms with van der Waals surface area (Å²) in [6.07, 6.45) is 7.40. The van der Waals surface area contributed by atoms with Gasteiger partial charge in [0.2, 0.25) is 5.91 Å². The van der Waals surface area contributed by atoms with Crippen molar-refractivity contribution in [2.45, 2.75) is 32.2 Å². The number of rotatable bonds is 3. The molecule has 0 radical (unpaired) electrons. The molecule has 0 saturated carbocycles. The molecule has 3 heterocycles. The van der Waals surface area contributed by atoms with Crippen LogP contribution in [0.15, 0.2) is 12.4 Å². The maximum absolute atomic E-state index is 12.2. The largest absolute Gasteiger partial charge is 0.343 e. The molecule has 0 atom stereocenters. The first-order valence-electron chi connectivity index (χ1n) is 7.33. The Morgan fingerprint density at radius 2 is 2.20 bits per heavy atom. The number of aromatic nitrogens is 2. The van der Waals surface area contributed by atoms with Gasteiger partial charge in [0.1, 0.15) is 0 Å². The van der Waals surface area contributed by atoms with Gasteiger partial charge in [-0.05, 0) is 31.2 Å². The molecule has 1 amide bonds. The van der Waals surface area contributed by atoms with Gasteiger partial charge in [0.05, 0.1) is 11.2 Å². The summed E-state index contributed by atoms with van der Waals surface area (Å²) in [5.74, 6) is 0.234. The molecule has 5 nitrogen and oxygen atoms in total. The van der Waals surface area contributed by atoms with Gasteiger partial charge in [-0.3, -0.25) is 9.48 Å². The van der Waals surface area contributed by atoms with Crippen LogP contribution in [-0.4, -0.2) is 46.8 Å². The Labute approximate surface area is 124 Å². The van der Waals surface area contributed by atoms with E-state index >= 15 is 0 Å². The van der Waals surface area contributed by atoms with E-state index in [4.69, 9.17) is 11.6 Å². The second-order valence-corrected chi connectivity index (χ2v) is 6.42. The summed E-state index contributed by atoms with van der Waals surface area (Å²) in [6.45, 7) is 4.67. The molecule has 2 aliphatic heterocycles. The lowest BCUT2D eigenvalue weighted by molar-refractivity contribution is -0.133. The predicted molar refractivity (Wildman–Crippen MR) is 77.6 cm³/mol. The third-order valence-electron chi connectivity index (χ3n) is 4.67. The van der Waals surface area contributed by atoms with Crippen LogP contribution in [0.2, 0.25) is 5.02 Å². The SMILES string of the molecule is O=C(CCn1cc(Cl)cn1)N1CCC2(CCNC2)CC1. The summed E-state index contributed by atoms with van der Waals surface area (Å²) < 4.78 is 1.73. The lowest BCUT2D eigenvalue weighted by atomic mass is 9.78. The van der Waals surface area contributed by atoms with Crippen molar-refractivity contribution in [2.75, 3.05) is 26.2 Å². The highest BCUT2D eigenvalue weighted by Crippen LogP contribution is 2.36. The molecule has 0 bridgehead atoms. The first-order chi connectivity index (χ1) is 9.67. The van der Waals surface area contributed by atoms with Crippen molar-refractivity contribution < 1.29 is 4.79 Å². The molecule has 1 N–H and O–H groups in total. The number of carbonyl (C=O) groups excluding carboxylic acids is 1. The van der Waals surface area contributed by atoms with E-state index in [2.05, 4.69) is 10.4 Å². The Balaban J connectivity index is 1.46. The van der Waals surface area contributed by atoms with Crippen LogP contribution in [-0.2, 0) is 11.3 Å². The van der Waals surface area contributed by atoms with E-state index in [-0.39, 0.29) is 5.91 Å².